The van der Waals surface area contributed by atoms with Crippen LogP contribution in [0.3, 0.4) is 0 Å². The number of halogens is 3. The third-order valence-electron chi connectivity index (χ3n) is 3.00. The predicted molar refractivity (Wildman–Crippen MR) is 68.1 cm³/mol. The highest BCUT2D eigenvalue weighted by molar-refractivity contribution is 5.42. The van der Waals surface area contributed by atoms with Gasteiger partial charge in [-0.3, -0.25) is 0 Å². The quantitative estimate of drug-likeness (QED) is 0.873. The Kier molecular flexibility index (Phi) is 3.99. The predicted octanol–water partition coefficient (Wildman–Crippen LogP) is 3.50. The van der Waals surface area contributed by atoms with Crippen molar-refractivity contribution in [3.05, 3.63) is 64.5 Å². The third kappa shape index (κ3) is 2.63. The fourth-order valence-corrected chi connectivity index (χ4v) is 1.98. The fourth-order valence-electron chi connectivity index (χ4n) is 1.98. The number of rotatable bonds is 3. The van der Waals surface area contributed by atoms with E-state index in [0.29, 0.717) is 11.3 Å². The molecule has 2 rings (SSSR count). The molecule has 0 saturated carbocycles. The number of aliphatic hydroxyl groups excluding tert-OH is 1. The molecule has 5 heteroatoms. The van der Waals surface area contributed by atoms with Gasteiger partial charge >= 0.3 is 0 Å². The maximum absolute atomic E-state index is 13.2. The molecule has 0 spiro atoms. The van der Waals surface area contributed by atoms with Gasteiger partial charge in [-0.15, -0.1) is 0 Å². The number of hydrogen-bond donors (Lipinski definition) is 1. The smallest absolute Gasteiger partial charge is 0.194 e. The molecule has 0 amide bonds. The van der Waals surface area contributed by atoms with Crippen LogP contribution in [-0.4, -0.2) is 12.2 Å². The molecule has 106 valence electrons. The van der Waals surface area contributed by atoms with Crippen molar-refractivity contribution in [3.8, 4) is 5.75 Å². The molecule has 1 atom stereocenters. The minimum absolute atomic E-state index is 0.0784. The van der Waals surface area contributed by atoms with E-state index in [1.165, 1.54) is 7.11 Å². The van der Waals surface area contributed by atoms with Crippen molar-refractivity contribution < 1.29 is 23.0 Å². The number of hydrogen-bond acceptors (Lipinski definition) is 2. The van der Waals surface area contributed by atoms with Crippen molar-refractivity contribution in [2.24, 2.45) is 0 Å². The number of ether oxygens (including phenoxy) is 1. The highest BCUT2D eigenvalue weighted by Crippen LogP contribution is 2.31. The van der Waals surface area contributed by atoms with E-state index in [9.17, 15) is 18.3 Å². The van der Waals surface area contributed by atoms with Crippen LogP contribution in [-0.2, 0) is 0 Å². The summed E-state index contributed by atoms with van der Waals surface area (Å²) in [5.74, 6) is -3.86. The van der Waals surface area contributed by atoms with E-state index in [2.05, 4.69) is 0 Å². The first-order valence-electron chi connectivity index (χ1n) is 5.91. The van der Waals surface area contributed by atoms with Crippen LogP contribution in [0.1, 0.15) is 22.8 Å². The van der Waals surface area contributed by atoms with Gasteiger partial charge in [0.1, 0.15) is 11.9 Å². The van der Waals surface area contributed by atoms with Gasteiger partial charge in [-0.2, -0.15) is 0 Å². The second-order valence-corrected chi connectivity index (χ2v) is 4.45. The first kappa shape index (κ1) is 14.4. The molecule has 2 aromatic carbocycles. The van der Waals surface area contributed by atoms with E-state index in [4.69, 9.17) is 4.74 Å². The summed E-state index contributed by atoms with van der Waals surface area (Å²) in [5.41, 5.74) is 1.13. The molecule has 0 aliphatic rings. The zero-order valence-electron chi connectivity index (χ0n) is 11.0. The Morgan fingerprint density at radius 2 is 1.65 bits per heavy atom. The van der Waals surface area contributed by atoms with E-state index in [1.54, 1.807) is 18.2 Å². The monoisotopic (exact) mass is 282 g/mol. The van der Waals surface area contributed by atoms with Gasteiger partial charge in [0.15, 0.2) is 17.5 Å². The molecule has 1 N–H and O–H groups in total. The zero-order valence-corrected chi connectivity index (χ0v) is 11.0. The van der Waals surface area contributed by atoms with Crippen LogP contribution in [0, 0.1) is 24.4 Å². The number of methoxy groups -OCH3 is 1. The van der Waals surface area contributed by atoms with Crippen LogP contribution in [0.15, 0.2) is 30.3 Å². The van der Waals surface area contributed by atoms with Crippen molar-refractivity contribution in [1.82, 2.24) is 0 Å². The van der Waals surface area contributed by atoms with Gasteiger partial charge in [-0.25, -0.2) is 13.2 Å². The average molecular weight is 282 g/mol. The Hall–Kier alpha value is -2.01. The summed E-state index contributed by atoms with van der Waals surface area (Å²) in [4.78, 5) is 0. The maximum Gasteiger partial charge on any atom is 0.194 e. The summed E-state index contributed by atoms with van der Waals surface area (Å²) in [6.07, 6.45) is -1.31. The molecular weight excluding hydrogens is 269 g/mol. The Labute approximate surface area is 114 Å². The van der Waals surface area contributed by atoms with Crippen molar-refractivity contribution in [2.45, 2.75) is 13.0 Å². The summed E-state index contributed by atoms with van der Waals surface area (Å²) in [7, 11) is 1.42. The topological polar surface area (TPSA) is 29.5 Å². The van der Waals surface area contributed by atoms with Crippen LogP contribution < -0.4 is 4.74 Å². The van der Waals surface area contributed by atoms with Crippen molar-refractivity contribution >= 4 is 0 Å². The second-order valence-electron chi connectivity index (χ2n) is 4.45. The van der Waals surface area contributed by atoms with Gasteiger partial charge in [-0.05, 0) is 36.8 Å². The molecule has 2 nitrogen and oxygen atoms in total. The molecule has 0 aromatic heterocycles. The molecule has 2 aromatic rings. The fraction of sp³-hybridized carbons (Fsp3) is 0.200. The van der Waals surface area contributed by atoms with Crippen molar-refractivity contribution in [1.29, 1.82) is 0 Å². The highest BCUT2D eigenvalue weighted by Gasteiger charge is 2.19. The normalized spacial score (nSPS) is 12.3. The van der Waals surface area contributed by atoms with Crippen molar-refractivity contribution in [3.63, 3.8) is 0 Å². The third-order valence-corrected chi connectivity index (χ3v) is 3.00. The molecular formula is C15H13F3O2. The summed E-state index contributed by atoms with van der Waals surface area (Å²) >= 11 is 0. The number of benzene rings is 2. The standard InChI is InChI=1S/C15H13F3O2/c1-8-3-4-13(20-2)10(5-8)15(19)9-6-11(16)14(18)12(17)7-9/h3-7,15,19H,1-2H3. The van der Waals surface area contributed by atoms with Gasteiger partial charge in [0.05, 0.1) is 7.11 Å². The molecule has 0 saturated heterocycles. The molecule has 0 fully saturated rings. The highest BCUT2D eigenvalue weighted by atomic mass is 19.2. The molecule has 0 bridgehead atoms. The number of aliphatic hydroxyl groups is 1. The van der Waals surface area contributed by atoms with Crippen LogP contribution in [0.5, 0.6) is 5.75 Å². The van der Waals surface area contributed by atoms with Crippen molar-refractivity contribution in [2.75, 3.05) is 7.11 Å². The molecule has 0 radical (unpaired) electrons. The lowest BCUT2D eigenvalue weighted by molar-refractivity contribution is 0.213. The summed E-state index contributed by atoms with van der Waals surface area (Å²) in [6, 6.07) is 6.60. The molecule has 0 aliphatic carbocycles. The second kappa shape index (κ2) is 5.54. The lowest BCUT2D eigenvalue weighted by Gasteiger charge is -2.16. The Morgan fingerprint density at radius 1 is 1.05 bits per heavy atom. The van der Waals surface area contributed by atoms with E-state index < -0.39 is 23.6 Å². The van der Waals surface area contributed by atoms with E-state index >= 15 is 0 Å². The van der Waals surface area contributed by atoms with Crippen LogP contribution in [0.2, 0.25) is 0 Å². The summed E-state index contributed by atoms with van der Waals surface area (Å²) in [6.45, 7) is 1.81. The van der Waals surface area contributed by atoms with Gasteiger partial charge in [0.25, 0.3) is 0 Å². The Bertz CT molecular complexity index is 618. The summed E-state index contributed by atoms with van der Waals surface area (Å²) < 4.78 is 44.5. The summed E-state index contributed by atoms with van der Waals surface area (Å²) in [5, 5.41) is 10.2. The first-order valence-corrected chi connectivity index (χ1v) is 5.91. The largest absolute Gasteiger partial charge is 0.496 e. The van der Waals surface area contributed by atoms with Gasteiger partial charge in [-0.1, -0.05) is 11.6 Å². The molecule has 0 aliphatic heterocycles. The van der Waals surface area contributed by atoms with Gasteiger partial charge in [0.2, 0.25) is 0 Å². The first-order chi connectivity index (χ1) is 9.43. The number of aryl methyl sites for hydroxylation is 1. The minimum Gasteiger partial charge on any atom is -0.496 e. The zero-order chi connectivity index (χ0) is 14.9. The molecule has 1 unspecified atom stereocenters. The maximum atomic E-state index is 13.2. The SMILES string of the molecule is COc1ccc(C)cc1C(O)c1cc(F)c(F)c(F)c1. The average Bonchev–Trinajstić information content (AvgIpc) is 2.43. The lowest BCUT2D eigenvalue weighted by Crippen LogP contribution is -2.05. The van der Waals surface area contributed by atoms with E-state index in [1.807, 2.05) is 6.92 Å². The van der Waals surface area contributed by atoms with E-state index in [0.717, 1.165) is 17.7 Å². The van der Waals surface area contributed by atoms with Gasteiger partial charge < -0.3 is 9.84 Å². The molecule has 20 heavy (non-hydrogen) atoms. The van der Waals surface area contributed by atoms with Gasteiger partial charge in [0, 0.05) is 5.56 Å². The Morgan fingerprint density at radius 3 is 2.20 bits per heavy atom. The van der Waals surface area contributed by atoms with E-state index in [-0.39, 0.29) is 5.56 Å². The van der Waals surface area contributed by atoms with Crippen LogP contribution >= 0.6 is 0 Å². The molecule has 0 heterocycles. The lowest BCUT2D eigenvalue weighted by atomic mass is 9.98. The Balaban J connectivity index is 2.51. The van der Waals surface area contributed by atoms with Crippen LogP contribution in [0.4, 0.5) is 13.2 Å². The van der Waals surface area contributed by atoms with Crippen LogP contribution in [0.25, 0.3) is 0 Å². The minimum atomic E-state index is -1.56.